The first-order valence-electron chi connectivity index (χ1n) is 5.60. The van der Waals surface area contributed by atoms with Crippen molar-refractivity contribution < 1.29 is 14.7 Å². The highest BCUT2D eigenvalue weighted by atomic mass is 16.6. The van der Waals surface area contributed by atoms with Crippen molar-refractivity contribution in [3.63, 3.8) is 0 Å². The van der Waals surface area contributed by atoms with Crippen LogP contribution in [0, 0.1) is 5.92 Å². The highest BCUT2D eigenvalue weighted by Gasteiger charge is 2.29. The van der Waals surface area contributed by atoms with Crippen molar-refractivity contribution in [2.24, 2.45) is 11.1 Å². The van der Waals surface area contributed by atoms with Gasteiger partial charge in [0.15, 0.2) is 0 Å². The summed E-state index contributed by atoms with van der Waals surface area (Å²) in [5, 5.41) is 13.2. The van der Waals surface area contributed by atoms with Crippen LogP contribution in [0.2, 0.25) is 0 Å². The molecule has 2 rings (SSSR count). The Labute approximate surface area is 99.9 Å². The zero-order valence-electron chi connectivity index (χ0n) is 9.88. The molecule has 0 radical (unpaired) electrons. The van der Waals surface area contributed by atoms with Gasteiger partial charge in [0, 0.05) is 6.42 Å². The van der Waals surface area contributed by atoms with Gasteiger partial charge in [-0.1, -0.05) is 12.1 Å². The number of benzene rings is 1. The number of Topliss-reactive ketones (excluding diaryl/α,β-unsaturated/α-hetero) is 1. The Morgan fingerprint density at radius 3 is 2.71 bits per heavy atom. The van der Waals surface area contributed by atoms with Crippen LogP contribution in [0.1, 0.15) is 25.8 Å². The summed E-state index contributed by atoms with van der Waals surface area (Å²) in [5.74, 6) is 0.187. The molecule has 0 aromatic heterocycles. The third kappa shape index (κ3) is 2.46. The molecule has 0 amide bonds. The predicted octanol–water partition coefficient (Wildman–Crippen LogP) is 2.11. The van der Waals surface area contributed by atoms with Gasteiger partial charge in [-0.05, 0) is 36.8 Å². The Morgan fingerprint density at radius 2 is 2.12 bits per heavy atom. The van der Waals surface area contributed by atoms with Crippen LogP contribution in [-0.4, -0.2) is 22.7 Å². The topological polar surface area (TPSA) is 58.9 Å². The molecule has 17 heavy (non-hydrogen) atoms. The van der Waals surface area contributed by atoms with Gasteiger partial charge in [0.05, 0.1) is 11.6 Å². The largest absolute Gasteiger partial charge is 0.508 e. The SMILES string of the molecule is CC(=O)C(C)C1CC(c2ccc(O)cc2)=NO1. The fraction of sp³-hybridized carbons (Fsp3) is 0.385. The van der Waals surface area contributed by atoms with Crippen LogP contribution in [-0.2, 0) is 9.63 Å². The van der Waals surface area contributed by atoms with Crippen LogP contribution in [0.3, 0.4) is 0 Å². The van der Waals surface area contributed by atoms with Gasteiger partial charge in [-0.3, -0.25) is 4.79 Å². The molecule has 0 fully saturated rings. The highest BCUT2D eigenvalue weighted by Crippen LogP contribution is 2.23. The fourth-order valence-corrected chi connectivity index (χ4v) is 1.75. The smallest absolute Gasteiger partial charge is 0.142 e. The lowest BCUT2D eigenvalue weighted by Gasteiger charge is -2.13. The maximum Gasteiger partial charge on any atom is 0.142 e. The van der Waals surface area contributed by atoms with Crippen LogP contribution in [0.5, 0.6) is 5.75 Å². The van der Waals surface area contributed by atoms with Crippen molar-refractivity contribution >= 4 is 11.5 Å². The van der Waals surface area contributed by atoms with E-state index in [1.165, 1.54) is 0 Å². The Hall–Kier alpha value is -1.84. The zero-order chi connectivity index (χ0) is 12.4. The lowest BCUT2D eigenvalue weighted by atomic mass is 9.94. The van der Waals surface area contributed by atoms with Crippen LogP contribution >= 0.6 is 0 Å². The molecule has 1 heterocycles. The van der Waals surface area contributed by atoms with Crippen LogP contribution < -0.4 is 0 Å². The van der Waals surface area contributed by atoms with Gasteiger partial charge in [-0.15, -0.1) is 0 Å². The number of phenols is 1. The number of carbonyl (C=O) groups excluding carboxylic acids is 1. The maximum atomic E-state index is 11.3. The molecule has 4 nitrogen and oxygen atoms in total. The molecule has 1 N–H and O–H groups in total. The second-order valence-corrected chi connectivity index (χ2v) is 4.33. The number of nitrogens with zero attached hydrogens (tertiary/aromatic N) is 1. The summed E-state index contributed by atoms with van der Waals surface area (Å²) in [4.78, 5) is 16.5. The van der Waals surface area contributed by atoms with Crippen molar-refractivity contribution in [1.82, 2.24) is 0 Å². The molecule has 1 aromatic carbocycles. The molecule has 2 unspecified atom stereocenters. The average Bonchev–Trinajstić information content (AvgIpc) is 2.78. The molecule has 1 aliphatic heterocycles. The van der Waals surface area contributed by atoms with Crippen LogP contribution in [0.4, 0.5) is 0 Å². The van der Waals surface area contributed by atoms with Crippen LogP contribution in [0.15, 0.2) is 29.4 Å². The number of rotatable bonds is 3. The lowest BCUT2D eigenvalue weighted by molar-refractivity contribution is -0.124. The van der Waals surface area contributed by atoms with E-state index >= 15 is 0 Å². The summed E-state index contributed by atoms with van der Waals surface area (Å²) in [6.45, 7) is 3.41. The summed E-state index contributed by atoms with van der Waals surface area (Å²) in [6, 6.07) is 6.80. The summed E-state index contributed by atoms with van der Waals surface area (Å²) >= 11 is 0. The van der Waals surface area contributed by atoms with Gasteiger partial charge in [0.25, 0.3) is 0 Å². The summed E-state index contributed by atoms with van der Waals surface area (Å²) in [7, 11) is 0. The van der Waals surface area contributed by atoms with Gasteiger partial charge in [0.1, 0.15) is 17.6 Å². The van der Waals surface area contributed by atoms with Gasteiger partial charge in [-0.2, -0.15) is 0 Å². The minimum Gasteiger partial charge on any atom is -0.508 e. The molecule has 1 aliphatic rings. The maximum absolute atomic E-state index is 11.3. The number of phenolic OH excluding ortho intramolecular Hbond substituents is 1. The number of oxime groups is 1. The standard InChI is InChI=1S/C13H15NO3/c1-8(9(2)15)13-7-12(14-17-13)10-3-5-11(16)6-4-10/h3-6,8,13,16H,7H2,1-2H3. The molecule has 2 atom stereocenters. The fourth-order valence-electron chi connectivity index (χ4n) is 1.75. The van der Waals surface area contributed by atoms with Gasteiger partial charge in [-0.25, -0.2) is 0 Å². The number of hydrogen-bond acceptors (Lipinski definition) is 4. The Kier molecular flexibility index (Phi) is 3.13. The first-order chi connectivity index (χ1) is 8.08. The number of hydrogen-bond donors (Lipinski definition) is 1. The molecule has 1 aromatic rings. The second-order valence-electron chi connectivity index (χ2n) is 4.33. The molecule has 90 valence electrons. The van der Waals surface area contributed by atoms with Crippen molar-refractivity contribution in [3.05, 3.63) is 29.8 Å². The van der Waals surface area contributed by atoms with E-state index in [2.05, 4.69) is 5.16 Å². The van der Waals surface area contributed by atoms with Crippen molar-refractivity contribution in [3.8, 4) is 5.75 Å². The molecule has 0 spiro atoms. The van der Waals surface area contributed by atoms with E-state index in [4.69, 9.17) is 4.84 Å². The molecular formula is C13H15NO3. The van der Waals surface area contributed by atoms with Crippen molar-refractivity contribution in [2.75, 3.05) is 0 Å². The van der Waals surface area contributed by atoms with Gasteiger partial charge >= 0.3 is 0 Å². The van der Waals surface area contributed by atoms with Crippen molar-refractivity contribution in [2.45, 2.75) is 26.4 Å². The predicted molar refractivity (Wildman–Crippen MR) is 64.0 cm³/mol. The first kappa shape index (κ1) is 11.6. The molecule has 0 saturated carbocycles. The van der Waals surface area contributed by atoms with E-state index in [1.54, 1.807) is 31.2 Å². The van der Waals surface area contributed by atoms with E-state index in [0.29, 0.717) is 6.42 Å². The Balaban J connectivity index is 2.07. The minimum atomic E-state index is -0.170. The van der Waals surface area contributed by atoms with E-state index in [-0.39, 0.29) is 23.6 Å². The molecule has 0 bridgehead atoms. The molecule has 0 saturated heterocycles. The minimum absolute atomic E-state index is 0.108. The van der Waals surface area contributed by atoms with Gasteiger partial charge in [0.2, 0.25) is 0 Å². The molecule has 0 aliphatic carbocycles. The number of aromatic hydroxyl groups is 1. The zero-order valence-corrected chi connectivity index (χ0v) is 9.88. The van der Waals surface area contributed by atoms with Crippen LogP contribution in [0.25, 0.3) is 0 Å². The average molecular weight is 233 g/mol. The van der Waals surface area contributed by atoms with E-state index in [1.807, 2.05) is 6.92 Å². The lowest BCUT2D eigenvalue weighted by Crippen LogP contribution is -2.24. The summed E-state index contributed by atoms with van der Waals surface area (Å²) < 4.78 is 0. The van der Waals surface area contributed by atoms with E-state index in [9.17, 15) is 9.90 Å². The Morgan fingerprint density at radius 1 is 1.47 bits per heavy atom. The summed E-state index contributed by atoms with van der Waals surface area (Å²) in [6.07, 6.45) is 0.460. The van der Waals surface area contributed by atoms with E-state index < -0.39 is 0 Å². The third-order valence-electron chi connectivity index (χ3n) is 3.09. The number of carbonyl (C=O) groups is 1. The highest BCUT2D eigenvalue weighted by molar-refractivity contribution is 6.01. The molecule has 4 heteroatoms. The second kappa shape index (κ2) is 4.57. The quantitative estimate of drug-likeness (QED) is 0.869. The van der Waals surface area contributed by atoms with Gasteiger partial charge < -0.3 is 9.94 Å². The molecular weight excluding hydrogens is 218 g/mol. The monoisotopic (exact) mass is 233 g/mol. The first-order valence-corrected chi connectivity index (χ1v) is 5.60. The van der Waals surface area contributed by atoms with E-state index in [0.717, 1.165) is 11.3 Å². The van der Waals surface area contributed by atoms with Crippen molar-refractivity contribution in [1.29, 1.82) is 0 Å². The third-order valence-corrected chi connectivity index (χ3v) is 3.09. The normalized spacial score (nSPS) is 20.6. The Bertz CT molecular complexity index is 450. The summed E-state index contributed by atoms with van der Waals surface area (Å²) in [5.41, 5.74) is 1.74. The number of ketones is 1.